The number of aromatic nitrogens is 1. The summed E-state index contributed by atoms with van der Waals surface area (Å²) in [6, 6.07) is 14.5. The Kier molecular flexibility index (Phi) is 4.58. The highest BCUT2D eigenvalue weighted by atomic mass is 32.2. The Bertz CT molecular complexity index is 516. The predicted molar refractivity (Wildman–Crippen MR) is 87.4 cm³/mol. The largest absolute Gasteiger partial charge is 0.388 e. The first-order valence-corrected chi connectivity index (χ1v) is 8.41. The molecule has 0 aliphatic carbocycles. The molecule has 0 saturated carbocycles. The third-order valence-electron chi connectivity index (χ3n) is 3.89. The van der Waals surface area contributed by atoms with Crippen molar-refractivity contribution in [2.45, 2.75) is 18.1 Å². The monoisotopic (exact) mass is 300 g/mol. The van der Waals surface area contributed by atoms with Crippen molar-refractivity contribution in [2.75, 3.05) is 18.1 Å². The van der Waals surface area contributed by atoms with Gasteiger partial charge in [0.25, 0.3) is 0 Å². The molecule has 1 saturated heterocycles. The molecular weight excluding hydrogens is 280 g/mol. The summed E-state index contributed by atoms with van der Waals surface area (Å²) >= 11 is 1.82. The third kappa shape index (κ3) is 3.64. The maximum Gasteiger partial charge on any atom is 0.0869 e. The molecule has 3 nitrogen and oxygen atoms in total. The van der Waals surface area contributed by atoms with Crippen molar-refractivity contribution in [3.8, 4) is 0 Å². The molecule has 0 amide bonds. The highest BCUT2D eigenvalue weighted by Crippen LogP contribution is 2.29. The maximum absolute atomic E-state index is 10.5. The number of nitrogens with one attached hydrogen (secondary N) is 1. The van der Waals surface area contributed by atoms with Gasteiger partial charge in [-0.2, -0.15) is 11.8 Å². The molecule has 2 unspecified atom stereocenters. The summed E-state index contributed by atoms with van der Waals surface area (Å²) in [5, 5.41) is 14.1. The van der Waals surface area contributed by atoms with E-state index in [-0.39, 0.29) is 6.04 Å². The Morgan fingerprint density at radius 2 is 1.86 bits per heavy atom. The average molecular weight is 300 g/mol. The van der Waals surface area contributed by atoms with Crippen LogP contribution in [0.2, 0.25) is 0 Å². The van der Waals surface area contributed by atoms with E-state index in [9.17, 15) is 5.11 Å². The van der Waals surface area contributed by atoms with Crippen LogP contribution in [0.1, 0.15) is 23.6 Å². The second kappa shape index (κ2) is 6.60. The smallest absolute Gasteiger partial charge is 0.0869 e. The van der Waals surface area contributed by atoms with Crippen molar-refractivity contribution in [3.63, 3.8) is 0 Å². The normalized spacial score (nSPS) is 23.1. The molecule has 2 N–H and O–H groups in total. The molecule has 2 heterocycles. The zero-order valence-corrected chi connectivity index (χ0v) is 12.7. The second-order valence-corrected chi connectivity index (χ2v) is 6.64. The first kappa shape index (κ1) is 14.6. The Labute approximate surface area is 129 Å². The summed E-state index contributed by atoms with van der Waals surface area (Å²) in [5.74, 6) is 1.86. The van der Waals surface area contributed by atoms with Gasteiger partial charge in [-0.15, -0.1) is 0 Å². The minimum Gasteiger partial charge on any atom is -0.388 e. The second-order valence-electron chi connectivity index (χ2n) is 5.53. The van der Waals surface area contributed by atoms with Crippen molar-refractivity contribution in [2.24, 2.45) is 0 Å². The Hall–Kier alpha value is -1.36. The number of nitrogens with zero attached hydrogens (tertiary/aromatic N) is 1. The lowest BCUT2D eigenvalue weighted by Gasteiger charge is -2.27. The van der Waals surface area contributed by atoms with Crippen LogP contribution in [-0.2, 0) is 0 Å². The number of rotatable bonds is 5. The van der Waals surface area contributed by atoms with Gasteiger partial charge in [0.2, 0.25) is 0 Å². The van der Waals surface area contributed by atoms with Gasteiger partial charge in [-0.1, -0.05) is 30.3 Å². The van der Waals surface area contributed by atoms with E-state index in [1.54, 1.807) is 0 Å². The van der Waals surface area contributed by atoms with Crippen molar-refractivity contribution < 1.29 is 5.11 Å². The van der Waals surface area contributed by atoms with Crippen LogP contribution in [0, 0.1) is 0 Å². The van der Waals surface area contributed by atoms with E-state index in [1.165, 1.54) is 11.1 Å². The summed E-state index contributed by atoms with van der Waals surface area (Å²) in [6.45, 7) is 0.613. The molecule has 2 aromatic rings. The van der Waals surface area contributed by atoms with E-state index in [0.717, 1.165) is 17.9 Å². The Morgan fingerprint density at radius 1 is 1.14 bits per heavy atom. The topological polar surface area (TPSA) is 45.1 Å². The first-order chi connectivity index (χ1) is 10.3. The van der Waals surface area contributed by atoms with Crippen LogP contribution in [0.25, 0.3) is 0 Å². The fourth-order valence-electron chi connectivity index (χ4n) is 2.66. The maximum atomic E-state index is 10.5. The molecule has 0 bridgehead atoms. The Morgan fingerprint density at radius 3 is 2.52 bits per heavy atom. The minimum absolute atomic E-state index is 0.0869. The number of hydrogen-bond donors (Lipinski definition) is 2. The van der Waals surface area contributed by atoms with E-state index in [0.29, 0.717) is 6.54 Å². The van der Waals surface area contributed by atoms with Crippen LogP contribution < -0.4 is 5.32 Å². The fourth-order valence-corrected chi connectivity index (χ4v) is 3.95. The van der Waals surface area contributed by atoms with Gasteiger partial charge in [0, 0.05) is 24.7 Å². The first-order valence-electron chi connectivity index (χ1n) is 7.25. The zero-order valence-electron chi connectivity index (χ0n) is 11.9. The van der Waals surface area contributed by atoms with E-state index in [4.69, 9.17) is 0 Å². The molecule has 110 valence electrons. The fraction of sp³-hybridized carbons (Fsp3) is 0.353. The van der Waals surface area contributed by atoms with Gasteiger partial charge >= 0.3 is 0 Å². The van der Waals surface area contributed by atoms with Crippen molar-refractivity contribution in [3.05, 3.63) is 66.0 Å². The van der Waals surface area contributed by atoms with Crippen LogP contribution in [0.5, 0.6) is 0 Å². The Balaban J connectivity index is 1.80. The molecule has 2 atom stereocenters. The highest BCUT2D eigenvalue weighted by molar-refractivity contribution is 7.99. The minimum atomic E-state index is -0.579. The van der Waals surface area contributed by atoms with Crippen molar-refractivity contribution in [1.29, 1.82) is 0 Å². The average Bonchev–Trinajstić information content (AvgIpc) is 2.97. The molecule has 1 fully saturated rings. The molecule has 1 aromatic heterocycles. The number of aliphatic hydroxyl groups is 1. The molecule has 1 aliphatic heterocycles. The van der Waals surface area contributed by atoms with Crippen molar-refractivity contribution in [1.82, 2.24) is 10.3 Å². The lowest BCUT2D eigenvalue weighted by molar-refractivity contribution is 0.0658. The summed E-state index contributed by atoms with van der Waals surface area (Å²) in [7, 11) is 0. The molecule has 4 heteroatoms. The number of pyridine rings is 1. The van der Waals surface area contributed by atoms with E-state index in [1.807, 2.05) is 54.5 Å². The number of benzene rings is 1. The van der Waals surface area contributed by atoms with E-state index < -0.39 is 5.60 Å². The van der Waals surface area contributed by atoms with Gasteiger partial charge in [-0.3, -0.25) is 4.98 Å². The van der Waals surface area contributed by atoms with Gasteiger partial charge in [0.05, 0.1) is 11.6 Å². The van der Waals surface area contributed by atoms with Gasteiger partial charge in [0.15, 0.2) is 0 Å². The molecule has 0 spiro atoms. The lowest BCUT2D eigenvalue weighted by atomic mass is 9.97. The quantitative estimate of drug-likeness (QED) is 0.891. The molecule has 1 aliphatic rings. The van der Waals surface area contributed by atoms with E-state index in [2.05, 4.69) is 22.4 Å². The van der Waals surface area contributed by atoms with Crippen LogP contribution >= 0.6 is 11.8 Å². The van der Waals surface area contributed by atoms with Gasteiger partial charge in [0.1, 0.15) is 0 Å². The summed E-state index contributed by atoms with van der Waals surface area (Å²) < 4.78 is 0. The van der Waals surface area contributed by atoms with E-state index >= 15 is 0 Å². The predicted octanol–water partition coefficient (Wildman–Crippen LogP) is 2.63. The number of thioether (sulfide) groups is 1. The van der Waals surface area contributed by atoms with Gasteiger partial charge in [-0.05, 0) is 35.4 Å². The molecular formula is C17H20N2OS. The van der Waals surface area contributed by atoms with Crippen LogP contribution in [-0.4, -0.2) is 33.7 Å². The standard InChI is InChI=1S/C17H20N2OS/c20-17(8-11-21-13-17)12-19-16(14-4-2-1-3-5-14)15-6-9-18-10-7-15/h1-7,9-10,16,19-20H,8,11-13H2. The molecule has 3 rings (SSSR count). The number of hydrogen-bond acceptors (Lipinski definition) is 4. The SMILES string of the molecule is OC1(CNC(c2ccccc2)c2ccncc2)CCSC1. The zero-order chi connectivity index (χ0) is 14.5. The third-order valence-corrected chi connectivity index (χ3v) is 5.12. The summed E-state index contributed by atoms with van der Waals surface area (Å²) in [5.41, 5.74) is 1.80. The van der Waals surface area contributed by atoms with Gasteiger partial charge in [-0.25, -0.2) is 0 Å². The van der Waals surface area contributed by atoms with Crippen molar-refractivity contribution >= 4 is 11.8 Å². The lowest BCUT2D eigenvalue weighted by Crippen LogP contribution is -2.42. The van der Waals surface area contributed by atoms with Crippen LogP contribution in [0.3, 0.4) is 0 Å². The highest BCUT2D eigenvalue weighted by Gasteiger charge is 2.32. The van der Waals surface area contributed by atoms with Gasteiger partial charge < -0.3 is 10.4 Å². The van der Waals surface area contributed by atoms with Crippen LogP contribution in [0.15, 0.2) is 54.9 Å². The summed E-state index contributed by atoms with van der Waals surface area (Å²) in [6.07, 6.45) is 4.49. The van der Waals surface area contributed by atoms with Crippen LogP contribution in [0.4, 0.5) is 0 Å². The molecule has 21 heavy (non-hydrogen) atoms. The summed E-state index contributed by atoms with van der Waals surface area (Å²) in [4.78, 5) is 4.09. The molecule has 0 radical (unpaired) electrons. The molecule has 1 aromatic carbocycles.